The Balaban J connectivity index is 2.57. The minimum absolute atomic E-state index is 0.0724. The van der Waals surface area contributed by atoms with Gasteiger partial charge in [0.2, 0.25) is 0 Å². The van der Waals surface area contributed by atoms with Crippen molar-refractivity contribution < 1.29 is 63.1 Å². The molecule has 0 aromatic carbocycles. The predicted octanol–water partition coefficient (Wildman–Crippen LogP) is 4.53. The van der Waals surface area contributed by atoms with Gasteiger partial charge in [-0.3, -0.25) is 14.2 Å². The second-order valence-corrected chi connectivity index (χ2v) is 14.4. The van der Waals surface area contributed by atoms with Gasteiger partial charge in [-0.2, -0.15) is 0 Å². The summed E-state index contributed by atoms with van der Waals surface area (Å²) in [6, 6.07) is 0. The van der Waals surface area contributed by atoms with Crippen molar-refractivity contribution in [1.82, 2.24) is 0 Å². The summed E-state index contributed by atoms with van der Waals surface area (Å²) in [5, 5.41) is 49.7. The summed E-state index contributed by atoms with van der Waals surface area (Å²) in [7, 11) is -5.35. The number of phosphoric acid groups is 1. The zero-order valence-electron chi connectivity index (χ0n) is 29.7. The number of phosphoric ester groups is 1. The molecule has 5 N–H and O–H groups in total. The lowest BCUT2D eigenvalue weighted by atomic mass is 9.85. The standard InChI is InChI=1S/C35H65O13P/c1-3-5-7-9-11-13-14-16-17-19-21-23-28(36)45-25-27(47-29(37)24-22-20-18-15-12-10-8-6-4-2)26-46-49(43,44)48-35-33(41)31(39)30(38)32(40)34(35)42/h6,8,27,30-35,38-42H,3-5,7,9-26H2,1-2H3,(H,43,44)/p-1/b8-6-/t27-,30?,31-,32+,33+,34+,35?/m0/s1. The van der Waals surface area contributed by atoms with Gasteiger partial charge in [-0.1, -0.05) is 109 Å². The van der Waals surface area contributed by atoms with Crippen molar-refractivity contribution in [1.29, 1.82) is 0 Å². The summed E-state index contributed by atoms with van der Waals surface area (Å²) in [4.78, 5) is 37.5. The summed E-state index contributed by atoms with van der Waals surface area (Å²) in [5.41, 5.74) is 0. The van der Waals surface area contributed by atoms with Crippen LogP contribution in [0.1, 0.15) is 142 Å². The van der Waals surface area contributed by atoms with Crippen molar-refractivity contribution in [2.24, 2.45) is 0 Å². The molecule has 1 saturated carbocycles. The second kappa shape index (κ2) is 27.3. The Morgan fingerprint density at radius 2 is 1.12 bits per heavy atom. The fraction of sp³-hybridized carbons (Fsp3) is 0.886. The molecule has 1 aliphatic carbocycles. The van der Waals surface area contributed by atoms with Gasteiger partial charge in [-0.15, -0.1) is 0 Å². The number of allylic oxidation sites excluding steroid dienone is 2. The van der Waals surface area contributed by atoms with E-state index in [-0.39, 0.29) is 12.8 Å². The van der Waals surface area contributed by atoms with Crippen molar-refractivity contribution in [2.75, 3.05) is 13.2 Å². The van der Waals surface area contributed by atoms with Crippen LogP contribution in [0.4, 0.5) is 0 Å². The number of aliphatic hydroxyl groups excluding tert-OH is 5. The van der Waals surface area contributed by atoms with Crippen LogP contribution in [0.5, 0.6) is 0 Å². The van der Waals surface area contributed by atoms with Gasteiger partial charge in [0.1, 0.15) is 43.2 Å². The largest absolute Gasteiger partial charge is 0.756 e. The van der Waals surface area contributed by atoms with E-state index in [0.717, 1.165) is 57.8 Å². The van der Waals surface area contributed by atoms with Crippen LogP contribution >= 0.6 is 7.82 Å². The van der Waals surface area contributed by atoms with Crippen molar-refractivity contribution in [3.05, 3.63) is 12.2 Å². The van der Waals surface area contributed by atoms with Crippen LogP contribution < -0.4 is 4.89 Å². The molecule has 0 radical (unpaired) electrons. The maximum atomic E-state index is 12.6. The topological polar surface area (TPSA) is 212 Å². The molecule has 1 fully saturated rings. The third kappa shape index (κ3) is 20.9. The van der Waals surface area contributed by atoms with Gasteiger partial charge in [0.15, 0.2) is 6.10 Å². The van der Waals surface area contributed by atoms with E-state index in [1.165, 1.54) is 44.9 Å². The number of hydrogen-bond acceptors (Lipinski definition) is 13. The predicted molar refractivity (Wildman–Crippen MR) is 182 cm³/mol. The first-order valence-electron chi connectivity index (χ1n) is 18.5. The molecule has 3 unspecified atom stereocenters. The molecular formula is C35H64O13P-. The van der Waals surface area contributed by atoms with E-state index >= 15 is 0 Å². The molecule has 0 amide bonds. The van der Waals surface area contributed by atoms with Gasteiger partial charge in [-0.25, -0.2) is 0 Å². The Hall–Kier alpha value is -1.41. The number of carbonyl (C=O) groups is 2. The fourth-order valence-corrected chi connectivity index (χ4v) is 6.53. The van der Waals surface area contributed by atoms with Gasteiger partial charge in [0.05, 0.1) is 6.61 Å². The second-order valence-electron chi connectivity index (χ2n) is 13.0. The first-order chi connectivity index (χ1) is 23.4. The highest BCUT2D eigenvalue weighted by atomic mass is 31.2. The molecule has 0 heterocycles. The van der Waals surface area contributed by atoms with E-state index in [4.69, 9.17) is 18.5 Å². The molecule has 49 heavy (non-hydrogen) atoms. The molecule has 14 heteroatoms. The van der Waals surface area contributed by atoms with Gasteiger partial charge in [0.25, 0.3) is 7.82 Å². The van der Waals surface area contributed by atoms with Gasteiger partial charge in [0, 0.05) is 12.8 Å². The van der Waals surface area contributed by atoms with Crippen LogP contribution in [0.25, 0.3) is 0 Å². The van der Waals surface area contributed by atoms with E-state index in [9.17, 15) is 44.6 Å². The lowest BCUT2D eigenvalue weighted by Crippen LogP contribution is -2.64. The minimum Gasteiger partial charge on any atom is -0.756 e. The zero-order valence-corrected chi connectivity index (χ0v) is 30.6. The van der Waals surface area contributed by atoms with Gasteiger partial charge in [-0.05, 0) is 32.1 Å². The molecule has 1 rings (SSSR count). The van der Waals surface area contributed by atoms with Crippen LogP contribution in [-0.4, -0.2) is 93.4 Å². The van der Waals surface area contributed by atoms with Crippen molar-refractivity contribution in [2.45, 2.75) is 185 Å². The maximum Gasteiger partial charge on any atom is 0.306 e. The van der Waals surface area contributed by atoms with Crippen molar-refractivity contribution >= 4 is 19.8 Å². The molecule has 0 aliphatic heterocycles. The zero-order chi connectivity index (χ0) is 36.5. The summed E-state index contributed by atoms with van der Waals surface area (Å²) in [6.45, 7) is 3.03. The van der Waals surface area contributed by atoms with Gasteiger partial charge >= 0.3 is 11.9 Å². The number of esters is 2. The number of rotatable bonds is 29. The Morgan fingerprint density at radius 1 is 0.653 bits per heavy atom. The van der Waals surface area contributed by atoms with Crippen LogP contribution in [0.3, 0.4) is 0 Å². The Kier molecular flexibility index (Phi) is 25.4. The average Bonchev–Trinajstić information content (AvgIpc) is 3.07. The van der Waals surface area contributed by atoms with Gasteiger partial charge < -0.3 is 48.9 Å². The molecule has 0 aromatic heterocycles. The number of hydrogen-bond donors (Lipinski definition) is 5. The monoisotopic (exact) mass is 723 g/mol. The van der Waals surface area contributed by atoms with E-state index < -0.39 is 75.7 Å². The quantitative estimate of drug-likeness (QED) is 0.0311. The van der Waals surface area contributed by atoms with E-state index in [2.05, 4.69) is 26.0 Å². The number of carbonyl (C=O) groups excluding carboxylic acids is 2. The Bertz CT molecular complexity index is 932. The van der Waals surface area contributed by atoms with E-state index in [1.807, 2.05) is 0 Å². The molecular weight excluding hydrogens is 659 g/mol. The van der Waals surface area contributed by atoms with Crippen LogP contribution in [0.15, 0.2) is 12.2 Å². The summed E-state index contributed by atoms with van der Waals surface area (Å²) in [5.74, 6) is -1.15. The summed E-state index contributed by atoms with van der Waals surface area (Å²) < 4.78 is 32.8. The van der Waals surface area contributed by atoms with E-state index in [0.29, 0.717) is 12.8 Å². The van der Waals surface area contributed by atoms with Crippen molar-refractivity contribution in [3.63, 3.8) is 0 Å². The molecule has 1 aliphatic rings. The molecule has 0 bridgehead atoms. The van der Waals surface area contributed by atoms with Crippen molar-refractivity contribution in [3.8, 4) is 0 Å². The first-order valence-corrected chi connectivity index (χ1v) is 19.9. The minimum atomic E-state index is -5.35. The lowest BCUT2D eigenvalue weighted by Gasteiger charge is -2.43. The highest BCUT2D eigenvalue weighted by Crippen LogP contribution is 2.43. The van der Waals surface area contributed by atoms with E-state index in [1.54, 1.807) is 0 Å². The highest BCUT2D eigenvalue weighted by molar-refractivity contribution is 7.45. The third-order valence-corrected chi connectivity index (χ3v) is 9.58. The molecule has 288 valence electrons. The SMILES string of the molecule is CC/C=C\CCCCCCCC(=O)O[C@@H](COC(=O)CCCCCCCCCCCCC)COP(=O)([O-])OC1[C@H](O)[C@H](O)C(O)[C@H](O)[C@H]1O. The average molecular weight is 724 g/mol. The molecule has 8 atom stereocenters. The smallest absolute Gasteiger partial charge is 0.306 e. The van der Waals surface area contributed by atoms with Crippen LogP contribution in [0, 0.1) is 0 Å². The Morgan fingerprint density at radius 3 is 1.65 bits per heavy atom. The first kappa shape index (κ1) is 45.6. The number of unbranched alkanes of at least 4 members (excludes halogenated alkanes) is 15. The van der Waals surface area contributed by atoms with Crippen LogP contribution in [-0.2, 0) is 32.7 Å². The summed E-state index contributed by atoms with van der Waals surface area (Å²) in [6.07, 6.45) is 9.91. The number of ether oxygens (including phenoxy) is 2. The van der Waals surface area contributed by atoms with Crippen LogP contribution in [0.2, 0.25) is 0 Å². The molecule has 0 aromatic rings. The normalized spacial score (nSPS) is 24.5. The summed E-state index contributed by atoms with van der Waals surface area (Å²) >= 11 is 0. The molecule has 0 spiro atoms. The Labute approximate surface area is 293 Å². The maximum absolute atomic E-state index is 12.6. The fourth-order valence-electron chi connectivity index (χ4n) is 5.57. The third-order valence-electron chi connectivity index (χ3n) is 8.61. The molecule has 13 nitrogen and oxygen atoms in total. The molecule has 0 saturated heterocycles. The number of aliphatic hydroxyl groups is 5. The lowest BCUT2D eigenvalue weighted by molar-refractivity contribution is -0.261. The highest BCUT2D eigenvalue weighted by Gasteiger charge is 2.50.